The summed E-state index contributed by atoms with van der Waals surface area (Å²) in [5, 5.41) is 9.16. The van der Waals surface area contributed by atoms with Crippen molar-refractivity contribution in [2.75, 3.05) is 18.4 Å². The van der Waals surface area contributed by atoms with Crippen molar-refractivity contribution in [2.24, 2.45) is 0 Å². The number of nitrogens with zero attached hydrogens (tertiary/aromatic N) is 2. The van der Waals surface area contributed by atoms with E-state index in [4.69, 9.17) is 9.97 Å². The Kier molecular flexibility index (Phi) is 5.05. The van der Waals surface area contributed by atoms with Gasteiger partial charge in [-0.15, -0.1) is 0 Å². The highest BCUT2D eigenvalue weighted by atomic mass is 19.3. The first-order chi connectivity index (χ1) is 15.0. The molecule has 0 spiro atoms. The van der Waals surface area contributed by atoms with E-state index in [1.54, 1.807) is 0 Å². The number of H-pyrrole nitrogens is 1. The summed E-state index contributed by atoms with van der Waals surface area (Å²) in [7, 11) is 0. The number of alkyl halides is 2. The van der Waals surface area contributed by atoms with Crippen molar-refractivity contribution in [3.05, 3.63) is 41.2 Å². The lowest BCUT2D eigenvalue weighted by atomic mass is 9.86. The molecule has 2 aromatic heterocycles. The molecule has 0 bridgehead atoms. The maximum Gasteiger partial charge on any atom is 0.253 e. The lowest BCUT2D eigenvalue weighted by Crippen LogP contribution is -2.49. The van der Waals surface area contributed by atoms with Gasteiger partial charge in [0.2, 0.25) is 0 Å². The normalized spacial score (nSPS) is 20.5. The summed E-state index contributed by atoms with van der Waals surface area (Å²) in [6.45, 7) is 2.26. The number of aryl methyl sites for hydroxylation is 1. The number of anilines is 1. The number of amides is 1. The number of rotatable bonds is 6. The number of halogens is 2. The maximum absolute atomic E-state index is 12.4. The predicted molar refractivity (Wildman–Crippen MR) is 115 cm³/mol. The Bertz CT molecular complexity index is 1140. The summed E-state index contributed by atoms with van der Waals surface area (Å²) in [5.74, 6) is 0.639. The largest absolute Gasteiger partial charge is 0.366 e. The van der Waals surface area contributed by atoms with Crippen LogP contribution in [0.2, 0.25) is 0 Å². The van der Waals surface area contributed by atoms with E-state index in [1.807, 2.05) is 31.2 Å². The van der Waals surface area contributed by atoms with Crippen LogP contribution in [0.15, 0.2) is 24.3 Å². The van der Waals surface area contributed by atoms with Gasteiger partial charge in [-0.25, -0.2) is 18.7 Å². The molecule has 0 unspecified atom stereocenters. The summed E-state index contributed by atoms with van der Waals surface area (Å²) in [4.78, 5) is 25.1. The topological polar surface area (TPSA) is 94.7 Å². The number of carbonyl (C=O) groups is 1. The third-order valence-corrected chi connectivity index (χ3v) is 6.00. The Balaban J connectivity index is 1.41. The number of aromatic amines is 1. The maximum atomic E-state index is 12.4. The monoisotopic (exact) mass is 426 g/mol. The average molecular weight is 426 g/mol. The van der Waals surface area contributed by atoms with Gasteiger partial charge in [-0.2, -0.15) is 0 Å². The second-order valence-electron chi connectivity index (χ2n) is 8.22. The zero-order chi connectivity index (χ0) is 21.5. The number of aromatic nitrogens is 3. The van der Waals surface area contributed by atoms with E-state index in [2.05, 4.69) is 20.9 Å². The molecule has 0 atom stereocenters. The molecule has 9 heteroatoms. The third kappa shape index (κ3) is 3.85. The molecule has 5 rings (SSSR count). The number of benzene rings is 1. The first-order valence-corrected chi connectivity index (χ1v) is 10.5. The van der Waals surface area contributed by atoms with E-state index < -0.39 is 6.43 Å². The first-order valence-electron chi connectivity index (χ1n) is 10.5. The number of nitrogens with one attached hydrogen (secondary N) is 4. The molecule has 0 radical (unpaired) electrons. The molecule has 4 N–H and O–H groups in total. The molecule has 2 aliphatic rings. The Morgan fingerprint density at radius 2 is 2.03 bits per heavy atom. The Hall–Kier alpha value is -3.07. The number of hydrogen-bond acceptors (Lipinski definition) is 5. The number of hydrogen-bond donors (Lipinski definition) is 4. The van der Waals surface area contributed by atoms with E-state index >= 15 is 0 Å². The third-order valence-electron chi connectivity index (χ3n) is 6.00. The second-order valence-corrected chi connectivity index (χ2v) is 8.22. The van der Waals surface area contributed by atoms with E-state index in [9.17, 15) is 13.6 Å². The fourth-order valence-electron chi connectivity index (χ4n) is 4.31. The van der Waals surface area contributed by atoms with Crippen LogP contribution in [-0.4, -0.2) is 52.5 Å². The smallest absolute Gasteiger partial charge is 0.253 e. The summed E-state index contributed by atoms with van der Waals surface area (Å²) in [5.41, 5.74) is 5.67. The van der Waals surface area contributed by atoms with Crippen LogP contribution in [-0.2, 0) is 6.42 Å². The fraction of sp³-hybridized carbons (Fsp3) is 0.409. The molecule has 1 fully saturated rings. The minimum Gasteiger partial charge on any atom is -0.366 e. The van der Waals surface area contributed by atoms with Crippen LogP contribution < -0.4 is 16.0 Å². The number of para-hydroxylation sites is 1. The van der Waals surface area contributed by atoms with Crippen molar-refractivity contribution in [1.82, 2.24) is 25.6 Å². The second kappa shape index (κ2) is 7.88. The molecule has 1 amide bonds. The molecule has 1 aliphatic carbocycles. The van der Waals surface area contributed by atoms with E-state index in [0.717, 1.165) is 52.9 Å². The van der Waals surface area contributed by atoms with Crippen molar-refractivity contribution in [3.63, 3.8) is 0 Å². The summed E-state index contributed by atoms with van der Waals surface area (Å²) >= 11 is 0. The van der Waals surface area contributed by atoms with Crippen molar-refractivity contribution in [2.45, 2.75) is 44.7 Å². The van der Waals surface area contributed by atoms with Crippen molar-refractivity contribution < 1.29 is 13.6 Å². The van der Waals surface area contributed by atoms with Crippen molar-refractivity contribution in [1.29, 1.82) is 0 Å². The summed E-state index contributed by atoms with van der Waals surface area (Å²) < 4.78 is 24.7. The van der Waals surface area contributed by atoms with Gasteiger partial charge < -0.3 is 20.9 Å². The minimum atomic E-state index is -2.33. The SMILES string of the molecule is Cc1nc2cccc(-c3cc4c([nH]3)CCNC4=O)c2nc1N[C@H]1C[C@H](NCC(F)F)C1. The van der Waals surface area contributed by atoms with Gasteiger partial charge in [0.25, 0.3) is 12.3 Å². The van der Waals surface area contributed by atoms with Crippen LogP contribution in [0.3, 0.4) is 0 Å². The number of carbonyl (C=O) groups excluding carboxylic acids is 1. The quantitative estimate of drug-likeness (QED) is 0.486. The molecular formula is C22H24F2N6O. The zero-order valence-corrected chi connectivity index (χ0v) is 17.1. The highest BCUT2D eigenvalue weighted by Gasteiger charge is 2.30. The molecule has 162 valence electrons. The molecule has 3 aromatic rings. The van der Waals surface area contributed by atoms with Gasteiger partial charge in [-0.1, -0.05) is 12.1 Å². The standard InChI is InChI=1S/C22H24F2N6O/c1-11-21(28-13-7-12(8-13)26-10-19(23)24)30-20-14(3-2-4-17(20)27-11)18-9-15-16(29-18)5-6-25-22(15)31/h2-4,9,12-13,19,26,29H,5-8,10H2,1H3,(H,25,31)(H,28,30)/t12-,13-. The van der Waals surface area contributed by atoms with Crippen LogP contribution in [0.1, 0.15) is 34.6 Å². The Morgan fingerprint density at radius 1 is 1.19 bits per heavy atom. The number of fused-ring (bicyclic) bond motifs is 2. The average Bonchev–Trinajstić information content (AvgIpc) is 3.14. The Morgan fingerprint density at radius 3 is 2.81 bits per heavy atom. The lowest BCUT2D eigenvalue weighted by Gasteiger charge is -2.37. The highest BCUT2D eigenvalue weighted by molar-refractivity contribution is 5.99. The molecule has 3 heterocycles. The molecule has 7 nitrogen and oxygen atoms in total. The van der Waals surface area contributed by atoms with Gasteiger partial charge in [-0.3, -0.25) is 4.79 Å². The van der Waals surface area contributed by atoms with Crippen LogP contribution in [0, 0.1) is 6.92 Å². The highest BCUT2D eigenvalue weighted by Crippen LogP contribution is 2.31. The van der Waals surface area contributed by atoms with Gasteiger partial charge in [-0.05, 0) is 31.9 Å². The fourth-order valence-corrected chi connectivity index (χ4v) is 4.31. The molecule has 1 saturated carbocycles. The predicted octanol–water partition coefficient (Wildman–Crippen LogP) is 3.02. The van der Waals surface area contributed by atoms with Crippen molar-refractivity contribution >= 4 is 22.8 Å². The minimum absolute atomic E-state index is 0.0618. The summed E-state index contributed by atoms with van der Waals surface area (Å²) in [6.07, 6.45) is -0.0205. The van der Waals surface area contributed by atoms with Crippen LogP contribution >= 0.6 is 0 Å². The van der Waals surface area contributed by atoms with Gasteiger partial charge in [0.1, 0.15) is 11.3 Å². The van der Waals surface area contributed by atoms with Gasteiger partial charge in [0.15, 0.2) is 0 Å². The van der Waals surface area contributed by atoms with Crippen LogP contribution in [0.4, 0.5) is 14.6 Å². The lowest BCUT2D eigenvalue weighted by molar-refractivity contribution is 0.0946. The summed E-state index contributed by atoms with van der Waals surface area (Å²) in [6, 6.07) is 7.98. The van der Waals surface area contributed by atoms with E-state index in [0.29, 0.717) is 17.9 Å². The van der Waals surface area contributed by atoms with Crippen molar-refractivity contribution in [3.8, 4) is 11.3 Å². The van der Waals surface area contributed by atoms with Gasteiger partial charge >= 0.3 is 0 Å². The Labute approximate surface area is 178 Å². The van der Waals surface area contributed by atoms with Gasteiger partial charge in [0, 0.05) is 42.0 Å². The van der Waals surface area contributed by atoms with Crippen LogP contribution in [0.25, 0.3) is 22.3 Å². The molecule has 1 aliphatic heterocycles. The molecule has 31 heavy (non-hydrogen) atoms. The molecule has 1 aromatic carbocycles. The molecular weight excluding hydrogens is 402 g/mol. The first kappa shape index (κ1) is 19.9. The van der Waals surface area contributed by atoms with E-state index in [-0.39, 0.29) is 24.5 Å². The van der Waals surface area contributed by atoms with Crippen LogP contribution in [0.5, 0.6) is 0 Å². The zero-order valence-electron chi connectivity index (χ0n) is 17.1. The molecule has 0 saturated heterocycles. The van der Waals surface area contributed by atoms with E-state index in [1.165, 1.54) is 0 Å². The van der Waals surface area contributed by atoms with Gasteiger partial charge in [0.05, 0.1) is 23.3 Å².